The highest BCUT2D eigenvalue weighted by Gasteiger charge is 2.17. The molecule has 1 heterocycles. The number of H-pyrrole nitrogens is 1. The Balaban J connectivity index is 2.01. The first-order valence-corrected chi connectivity index (χ1v) is 6.85. The number of nitrogens with zero attached hydrogens (tertiary/aromatic N) is 1. The first kappa shape index (κ1) is 15.8. The van der Waals surface area contributed by atoms with Crippen molar-refractivity contribution >= 4 is 17.5 Å². The summed E-state index contributed by atoms with van der Waals surface area (Å²) in [6.45, 7) is 5.74. The number of ether oxygens (including phenoxy) is 1. The molecular weight excluding hydrogens is 287 g/mol. The van der Waals surface area contributed by atoms with Crippen LogP contribution in [0.2, 0.25) is 0 Å². The Morgan fingerprint density at radius 2 is 2.14 bits per heavy atom. The first-order chi connectivity index (χ1) is 10.3. The quantitative estimate of drug-likeness (QED) is 0.807. The van der Waals surface area contributed by atoms with Crippen LogP contribution in [-0.4, -0.2) is 21.9 Å². The van der Waals surface area contributed by atoms with Crippen LogP contribution >= 0.6 is 0 Å². The lowest BCUT2D eigenvalue weighted by Crippen LogP contribution is -2.27. The van der Waals surface area contributed by atoms with Crippen LogP contribution in [0.5, 0.6) is 0 Å². The number of hydrogen-bond acceptors (Lipinski definition) is 4. The molecule has 22 heavy (non-hydrogen) atoms. The van der Waals surface area contributed by atoms with Gasteiger partial charge in [0.2, 0.25) is 0 Å². The van der Waals surface area contributed by atoms with E-state index in [1.165, 1.54) is 12.1 Å². The molecule has 0 spiro atoms. The highest BCUT2D eigenvalue weighted by Crippen LogP contribution is 2.21. The topological polar surface area (TPSA) is 79.0 Å². The van der Waals surface area contributed by atoms with Crippen molar-refractivity contribution in [2.24, 2.45) is 0 Å². The number of anilines is 2. The Labute approximate surface area is 128 Å². The Morgan fingerprint density at radius 3 is 2.77 bits per heavy atom. The minimum atomic E-state index is -0.697. The highest BCUT2D eigenvalue weighted by molar-refractivity contribution is 5.85. The van der Waals surface area contributed by atoms with Crippen molar-refractivity contribution < 1.29 is 13.9 Å². The van der Waals surface area contributed by atoms with Crippen molar-refractivity contribution in [2.75, 3.05) is 10.6 Å². The molecule has 0 aliphatic rings. The number of carbonyl (C=O) groups excluding carboxylic acids is 1. The zero-order valence-corrected chi connectivity index (χ0v) is 12.7. The minimum Gasteiger partial charge on any atom is -0.444 e. The largest absolute Gasteiger partial charge is 0.444 e. The summed E-state index contributed by atoms with van der Waals surface area (Å²) in [7, 11) is 0. The molecule has 0 saturated carbocycles. The molecule has 0 radical (unpaired) electrons. The molecule has 1 aromatic carbocycles. The van der Waals surface area contributed by atoms with E-state index in [0.29, 0.717) is 12.2 Å². The van der Waals surface area contributed by atoms with Crippen LogP contribution in [-0.2, 0) is 11.3 Å². The molecule has 3 N–H and O–H groups in total. The van der Waals surface area contributed by atoms with E-state index >= 15 is 0 Å². The molecular formula is C15H19FN4O2. The summed E-state index contributed by atoms with van der Waals surface area (Å²) in [5.74, 6) is -0.530. The van der Waals surface area contributed by atoms with Gasteiger partial charge in [0.05, 0.1) is 17.9 Å². The third-order valence-corrected chi connectivity index (χ3v) is 2.64. The van der Waals surface area contributed by atoms with Gasteiger partial charge in [0.15, 0.2) is 0 Å². The van der Waals surface area contributed by atoms with Gasteiger partial charge < -0.3 is 10.1 Å². The summed E-state index contributed by atoms with van der Waals surface area (Å²) in [5.41, 5.74) is 0.980. The molecule has 0 fully saturated rings. The summed E-state index contributed by atoms with van der Waals surface area (Å²) >= 11 is 0. The molecule has 6 nitrogen and oxygen atoms in total. The summed E-state index contributed by atoms with van der Waals surface area (Å²) in [6.07, 6.45) is 0.953. The van der Waals surface area contributed by atoms with Gasteiger partial charge in [-0.2, -0.15) is 5.10 Å². The van der Waals surface area contributed by atoms with E-state index in [-0.39, 0.29) is 5.69 Å². The number of benzene rings is 1. The van der Waals surface area contributed by atoms with Gasteiger partial charge in [-0.15, -0.1) is 0 Å². The Bertz CT molecular complexity index is 635. The third-order valence-electron chi connectivity index (χ3n) is 2.64. The molecule has 7 heteroatoms. The summed E-state index contributed by atoms with van der Waals surface area (Å²) < 4.78 is 18.9. The zero-order valence-electron chi connectivity index (χ0n) is 12.7. The van der Waals surface area contributed by atoms with Gasteiger partial charge in [-0.1, -0.05) is 0 Å². The van der Waals surface area contributed by atoms with Crippen LogP contribution in [0.1, 0.15) is 26.5 Å². The number of aromatic amines is 1. The van der Waals surface area contributed by atoms with Crippen molar-refractivity contribution in [3.05, 3.63) is 42.0 Å². The minimum absolute atomic E-state index is 0.0591. The van der Waals surface area contributed by atoms with Gasteiger partial charge >= 0.3 is 6.09 Å². The number of carbonyl (C=O) groups is 1. The predicted octanol–water partition coefficient (Wildman–Crippen LogP) is 3.51. The standard InChI is InChI=1S/C15H19FN4O2/c1-15(2,3)22-14(21)19-13-8-10(4-5-12(13)16)17-9-11-6-7-18-20-11/h4-8,17H,9H2,1-3H3,(H,18,20)(H,19,21). The number of nitrogens with one attached hydrogen (secondary N) is 3. The average molecular weight is 306 g/mol. The number of amides is 1. The Morgan fingerprint density at radius 1 is 1.36 bits per heavy atom. The SMILES string of the molecule is CC(C)(C)OC(=O)Nc1cc(NCc2ccn[nH]2)ccc1F. The van der Waals surface area contributed by atoms with E-state index in [9.17, 15) is 9.18 Å². The number of aromatic nitrogens is 2. The second kappa shape index (κ2) is 6.46. The number of halogens is 1. The molecule has 0 aliphatic carbocycles. The maximum absolute atomic E-state index is 13.8. The summed E-state index contributed by atoms with van der Waals surface area (Å²) in [5, 5.41) is 12.2. The van der Waals surface area contributed by atoms with Crippen LogP contribution in [0.15, 0.2) is 30.5 Å². The van der Waals surface area contributed by atoms with Crippen LogP contribution in [0.3, 0.4) is 0 Å². The second-order valence-electron chi connectivity index (χ2n) is 5.76. The molecule has 118 valence electrons. The molecule has 1 aromatic heterocycles. The Kier molecular flexibility index (Phi) is 4.65. The monoisotopic (exact) mass is 306 g/mol. The van der Waals surface area contributed by atoms with Crippen LogP contribution in [0.25, 0.3) is 0 Å². The van der Waals surface area contributed by atoms with Gasteiger partial charge in [0, 0.05) is 11.9 Å². The van der Waals surface area contributed by atoms with Crippen molar-refractivity contribution in [1.82, 2.24) is 10.2 Å². The van der Waals surface area contributed by atoms with Gasteiger partial charge in [0.1, 0.15) is 11.4 Å². The molecule has 2 aromatic rings. The normalized spacial score (nSPS) is 11.1. The fraction of sp³-hybridized carbons (Fsp3) is 0.333. The fourth-order valence-corrected chi connectivity index (χ4v) is 1.73. The Hall–Kier alpha value is -2.57. The molecule has 0 aliphatic heterocycles. The second-order valence-corrected chi connectivity index (χ2v) is 5.76. The van der Waals surface area contributed by atoms with Crippen molar-refractivity contribution in [3.63, 3.8) is 0 Å². The van der Waals surface area contributed by atoms with Gasteiger partial charge in [-0.05, 0) is 45.0 Å². The smallest absolute Gasteiger partial charge is 0.412 e. The number of hydrogen-bond donors (Lipinski definition) is 3. The third kappa shape index (κ3) is 4.76. The van der Waals surface area contributed by atoms with E-state index in [1.54, 1.807) is 33.0 Å². The zero-order chi connectivity index (χ0) is 16.2. The van der Waals surface area contributed by atoms with Crippen LogP contribution < -0.4 is 10.6 Å². The molecule has 0 bridgehead atoms. The van der Waals surface area contributed by atoms with E-state index in [2.05, 4.69) is 20.8 Å². The van der Waals surface area contributed by atoms with Crippen LogP contribution in [0.4, 0.5) is 20.6 Å². The first-order valence-electron chi connectivity index (χ1n) is 6.85. The van der Waals surface area contributed by atoms with E-state index in [4.69, 9.17) is 4.74 Å². The van der Waals surface area contributed by atoms with E-state index in [0.717, 1.165) is 5.69 Å². The average Bonchev–Trinajstić information content (AvgIpc) is 2.90. The lowest BCUT2D eigenvalue weighted by atomic mass is 10.2. The maximum atomic E-state index is 13.8. The summed E-state index contributed by atoms with van der Waals surface area (Å²) in [4.78, 5) is 11.7. The van der Waals surface area contributed by atoms with Gasteiger partial charge in [-0.3, -0.25) is 10.4 Å². The lowest BCUT2D eigenvalue weighted by Gasteiger charge is -2.20. The molecule has 0 saturated heterocycles. The van der Waals surface area contributed by atoms with Crippen molar-refractivity contribution in [1.29, 1.82) is 0 Å². The van der Waals surface area contributed by atoms with Gasteiger partial charge in [-0.25, -0.2) is 9.18 Å². The molecule has 0 unspecified atom stereocenters. The highest BCUT2D eigenvalue weighted by atomic mass is 19.1. The van der Waals surface area contributed by atoms with E-state index in [1.807, 2.05) is 6.07 Å². The maximum Gasteiger partial charge on any atom is 0.412 e. The van der Waals surface area contributed by atoms with Gasteiger partial charge in [0.25, 0.3) is 0 Å². The molecule has 2 rings (SSSR count). The number of rotatable bonds is 4. The fourth-order valence-electron chi connectivity index (χ4n) is 1.73. The van der Waals surface area contributed by atoms with E-state index < -0.39 is 17.5 Å². The predicted molar refractivity (Wildman–Crippen MR) is 82.2 cm³/mol. The van der Waals surface area contributed by atoms with Crippen molar-refractivity contribution in [2.45, 2.75) is 32.9 Å². The van der Waals surface area contributed by atoms with Crippen LogP contribution in [0, 0.1) is 5.82 Å². The van der Waals surface area contributed by atoms with Crippen molar-refractivity contribution in [3.8, 4) is 0 Å². The molecule has 1 amide bonds. The summed E-state index contributed by atoms with van der Waals surface area (Å²) in [6, 6.07) is 6.21. The lowest BCUT2D eigenvalue weighted by molar-refractivity contribution is 0.0635. The molecule has 0 atom stereocenters.